The Morgan fingerprint density at radius 2 is 2.07 bits per heavy atom. The van der Waals surface area contributed by atoms with E-state index < -0.39 is 5.91 Å². The molecule has 1 saturated heterocycles. The van der Waals surface area contributed by atoms with E-state index in [-0.39, 0.29) is 24.2 Å². The predicted molar refractivity (Wildman–Crippen MR) is 95.7 cm³/mol. The molecular formula is C19H21FN4O3. The highest BCUT2D eigenvalue weighted by molar-refractivity contribution is 5.93. The maximum absolute atomic E-state index is 12.9. The normalized spacial score (nSPS) is 16.8. The van der Waals surface area contributed by atoms with Crippen LogP contribution in [0, 0.1) is 12.7 Å². The van der Waals surface area contributed by atoms with E-state index in [4.69, 9.17) is 10.5 Å². The molecular weight excluding hydrogens is 351 g/mol. The summed E-state index contributed by atoms with van der Waals surface area (Å²) >= 11 is 0. The summed E-state index contributed by atoms with van der Waals surface area (Å²) in [6.07, 6.45) is 3.13. The first-order valence-corrected chi connectivity index (χ1v) is 8.73. The number of benzene rings is 1. The number of piperidine rings is 1. The molecule has 0 unspecified atom stereocenters. The van der Waals surface area contributed by atoms with Crippen LogP contribution in [0.4, 0.5) is 4.39 Å². The van der Waals surface area contributed by atoms with Gasteiger partial charge in [-0.2, -0.15) is 0 Å². The molecule has 0 saturated carbocycles. The minimum Gasteiger partial charge on any atom is -0.484 e. The number of primary amides is 1. The number of nitrogens with zero attached hydrogens (tertiary/aromatic N) is 3. The zero-order valence-electron chi connectivity index (χ0n) is 15.0. The molecule has 2 amide bonds. The van der Waals surface area contributed by atoms with Crippen LogP contribution in [0.2, 0.25) is 0 Å². The maximum Gasteiger partial charge on any atom is 0.260 e. The first-order valence-electron chi connectivity index (χ1n) is 8.73. The van der Waals surface area contributed by atoms with Crippen molar-refractivity contribution in [1.29, 1.82) is 0 Å². The number of amides is 2. The third-order valence-electron chi connectivity index (χ3n) is 4.58. The molecule has 1 aliphatic heterocycles. The molecule has 1 fully saturated rings. The third kappa shape index (κ3) is 4.58. The first-order chi connectivity index (χ1) is 12.9. The number of rotatable bonds is 5. The van der Waals surface area contributed by atoms with Gasteiger partial charge in [0.1, 0.15) is 17.4 Å². The minimum absolute atomic E-state index is 0.00542. The van der Waals surface area contributed by atoms with Crippen LogP contribution in [0.1, 0.15) is 40.6 Å². The van der Waals surface area contributed by atoms with Crippen LogP contribution in [-0.2, 0) is 4.79 Å². The Morgan fingerprint density at radius 1 is 1.33 bits per heavy atom. The second-order valence-electron chi connectivity index (χ2n) is 6.51. The Morgan fingerprint density at radius 3 is 2.74 bits per heavy atom. The van der Waals surface area contributed by atoms with E-state index in [2.05, 4.69) is 9.97 Å². The fourth-order valence-corrected chi connectivity index (χ4v) is 3.11. The molecule has 27 heavy (non-hydrogen) atoms. The fraction of sp³-hybridized carbons (Fsp3) is 0.368. The number of ether oxygens (including phenoxy) is 1. The van der Waals surface area contributed by atoms with E-state index in [0.29, 0.717) is 35.9 Å². The number of aryl methyl sites for hydroxylation is 1. The summed E-state index contributed by atoms with van der Waals surface area (Å²) in [6, 6.07) is 5.54. The molecule has 1 aliphatic rings. The number of nitrogens with two attached hydrogens (primary N) is 1. The molecule has 0 aliphatic carbocycles. The van der Waals surface area contributed by atoms with Crippen molar-refractivity contribution in [3.05, 3.63) is 53.4 Å². The number of aromatic nitrogens is 2. The average Bonchev–Trinajstić information content (AvgIpc) is 2.67. The maximum atomic E-state index is 12.9. The molecule has 8 heteroatoms. The quantitative estimate of drug-likeness (QED) is 0.863. The molecule has 1 aromatic heterocycles. The van der Waals surface area contributed by atoms with E-state index >= 15 is 0 Å². The van der Waals surface area contributed by atoms with Crippen LogP contribution < -0.4 is 10.5 Å². The second kappa shape index (κ2) is 8.11. The highest BCUT2D eigenvalue weighted by Crippen LogP contribution is 2.25. The van der Waals surface area contributed by atoms with E-state index in [1.54, 1.807) is 11.8 Å². The number of carbonyl (C=O) groups excluding carboxylic acids is 2. The summed E-state index contributed by atoms with van der Waals surface area (Å²) in [6.45, 7) is 2.73. The van der Waals surface area contributed by atoms with Crippen LogP contribution in [0.5, 0.6) is 5.75 Å². The van der Waals surface area contributed by atoms with Gasteiger partial charge in [-0.1, -0.05) is 0 Å². The van der Waals surface area contributed by atoms with Gasteiger partial charge in [-0.15, -0.1) is 0 Å². The summed E-state index contributed by atoms with van der Waals surface area (Å²) in [5.74, 6) is -0.0138. The monoisotopic (exact) mass is 372 g/mol. The number of halogens is 1. The van der Waals surface area contributed by atoms with Gasteiger partial charge in [0.2, 0.25) is 0 Å². The molecule has 1 aromatic carbocycles. The summed E-state index contributed by atoms with van der Waals surface area (Å²) in [7, 11) is 0. The van der Waals surface area contributed by atoms with Gasteiger partial charge in [-0.3, -0.25) is 9.59 Å². The van der Waals surface area contributed by atoms with Crippen molar-refractivity contribution in [2.75, 3.05) is 19.7 Å². The molecule has 0 radical (unpaired) electrons. The van der Waals surface area contributed by atoms with Crippen molar-refractivity contribution < 1.29 is 18.7 Å². The predicted octanol–water partition coefficient (Wildman–Crippen LogP) is 1.81. The second-order valence-corrected chi connectivity index (χ2v) is 6.51. The molecule has 0 spiro atoms. The SMILES string of the molecule is Cc1nc([C@@H]2CCCN(C(=O)COc3ccc(F)cc3)C2)ncc1C(N)=O. The van der Waals surface area contributed by atoms with Gasteiger partial charge in [0.15, 0.2) is 6.61 Å². The van der Waals surface area contributed by atoms with Crippen molar-refractivity contribution in [3.63, 3.8) is 0 Å². The minimum atomic E-state index is -0.558. The van der Waals surface area contributed by atoms with Gasteiger partial charge in [0.25, 0.3) is 11.8 Å². The molecule has 142 valence electrons. The first kappa shape index (κ1) is 18.8. The molecule has 2 N–H and O–H groups in total. The number of likely N-dealkylation sites (tertiary alicyclic amines) is 1. The van der Waals surface area contributed by atoms with Crippen molar-refractivity contribution in [2.24, 2.45) is 5.73 Å². The standard InChI is InChI=1S/C19H21FN4O3/c1-12-16(18(21)26)9-22-19(23-12)13-3-2-8-24(10-13)17(25)11-27-15-6-4-14(20)5-7-15/h4-7,9,13H,2-3,8,10-11H2,1H3,(H2,21,26)/t13-/m1/s1. The lowest BCUT2D eigenvalue weighted by Gasteiger charge is -2.32. The lowest BCUT2D eigenvalue weighted by Crippen LogP contribution is -2.42. The van der Waals surface area contributed by atoms with E-state index in [0.717, 1.165) is 12.8 Å². The Bertz CT molecular complexity index is 841. The molecule has 7 nitrogen and oxygen atoms in total. The van der Waals surface area contributed by atoms with Crippen LogP contribution in [0.3, 0.4) is 0 Å². The van der Waals surface area contributed by atoms with Crippen LogP contribution in [-0.4, -0.2) is 46.4 Å². The summed E-state index contributed by atoms with van der Waals surface area (Å²) < 4.78 is 18.3. The third-order valence-corrected chi connectivity index (χ3v) is 4.58. The molecule has 0 bridgehead atoms. The highest BCUT2D eigenvalue weighted by Gasteiger charge is 2.27. The van der Waals surface area contributed by atoms with Gasteiger partial charge < -0.3 is 15.4 Å². The van der Waals surface area contributed by atoms with Gasteiger partial charge in [0, 0.05) is 25.2 Å². The zero-order chi connectivity index (χ0) is 19.4. The Hall–Kier alpha value is -3.03. The van der Waals surface area contributed by atoms with E-state index in [1.807, 2.05) is 0 Å². The Labute approximate surface area is 156 Å². The Balaban J connectivity index is 1.61. The summed E-state index contributed by atoms with van der Waals surface area (Å²) in [4.78, 5) is 34.1. The smallest absolute Gasteiger partial charge is 0.260 e. The largest absolute Gasteiger partial charge is 0.484 e. The fourth-order valence-electron chi connectivity index (χ4n) is 3.11. The van der Waals surface area contributed by atoms with Gasteiger partial charge in [0.05, 0.1) is 11.3 Å². The zero-order valence-corrected chi connectivity index (χ0v) is 15.0. The van der Waals surface area contributed by atoms with Crippen LogP contribution in [0.15, 0.2) is 30.5 Å². The molecule has 2 heterocycles. The number of carbonyl (C=O) groups is 2. The summed E-state index contributed by atoms with van der Waals surface area (Å²) in [5.41, 5.74) is 6.13. The van der Waals surface area contributed by atoms with Crippen molar-refractivity contribution in [2.45, 2.75) is 25.7 Å². The summed E-state index contributed by atoms with van der Waals surface area (Å²) in [5, 5.41) is 0. The van der Waals surface area contributed by atoms with Crippen LogP contribution in [0.25, 0.3) is 0 Å². The Kier molecular flexibility index (Phi) is 5.63. The number of hydrogen-bond donors (Lipinski definition) is 1. The topological polar surface area (TPSA) is 98.4 Å². The lowest BCUT2D eigenvalue weighted by molar-refractivity contribution is -0.134. The molecule has 2 aromatic rings. The van der Waals surface area contributed by atoms with Gasteiger partial charge in [-0.25, -0.2) is 14.4 Å². The van der Waals surface area contributed by atoms with Gasteiger partial charge >= 0.3 is 0 Å². The van der Waals surface area contributed by atoms with E-state index in [1.165, 1.54) is 30.5 Å². The average molecular weight is 372 g/mol. The van der Waals surface area contributed by atoms with Crippen molar-refractivity contribution in [1.82, 2.24) is 14.9 Å². The van der Waals surface area contributed by atoms with Crippen LogP contribution >= 0.6 is 0 Å². The van der Waals surface area contributed by atoms with Gasteiger partial charge in [-0.05, 0) is 44.0 Å². The molecule has 1 atom stereocenters. The highest BCUT2D eigenvalue weighted by atomic mass is 19.1. The van der Waals surface area contributed by atoms with E-state index in [9.17, 15) is 14.0 Å². The van der Waals surface area contributed by atoms with Crippen molar-refractivity contribution in [3.8, 4) is 5.75 Å². The van der Waals surface area contributed by atoms with Crippen molar-refractivity contribution >= 4 is 11.8 Å². The number of hydrogen-bond acceptors (Lipinski definition) is 5. The lowest BCUT2D eigenvalue weighted by atomic mass is 9.97. The molecule has 3 rings (SSSR count).